The van der Waals surface area contributed by atoms with Gasteiger partial charge in [-0.25, -0.2) is 0 Å². The molecule has 0 bridgehead atoms. The molecule has 1 atom stereocenters. The van der Waals surface area contributed by atoms with E-state index in [0.29, 0.717) is 13.0 Å². The van der Waals surface area contributed by atoms with E-state index >= 15 is 0 Å². The van der Waals surface area contributed by atoms with Crippen molar-refractivity contribution in [1.82, 2.24) is 9.80 Å². The molecule has 0 radical (unpaired) electrons. The van der Waals surface area contributed by atoms with E-state index in [1.54, 1.807) is 0 Å². The molecule has 2 heterocycles. The van der Waals surface area contributed by atoms with Crippen molar-refractivity contribution in [2.45, 2.75) is 57.9 Å². The lowest BCUT2D eigenvalue weighted by atomic mass is 9.99. The highest BCUT2D eigenvalue weighted by molar-refractivity contribution is 5.69. The van der Waals surface area contributed by atoms with Crippen LogP contribution in [-0.4, -0.2) is 61.1 Å². The average molecular weight is 282 g/mol. The largest absolute Gasteiger partial charge is 0.466 e. The van der Waals surface area contributed by atoms with Gasteiger partial charge in [0.1, 0.15) is 0 Å². The summed E-state index contributed by atoms with van der Waals surface area (Å²) in [6.07, 6.45) is 8.11. The molecule has 2 fully saturated rings. The van der Waals surface area contributed by atoms with E-state index in [9.17, 15) is 4.79 Å². The molecule has 4 heteroatoms. The number of rotatable bonds is 7. The highest BCUT2D eigenvalue weighted by atomic mass is 16.5. The number of hydrogen-bond acceptors (Lipinski definition) is 4. The summed E-state index contributed by atoms with van der Waals surface area (Å²) in [4.78, 5) is 16.5. The summed E-state index contributed by atoms with van der Waals surface area (Å²) in [5.74, 6) is -0.0386. The lowest BCUT2D eigenvalue weighted by molar-refractivity contribution is -0.143. The summed E-state index contributed by atoms with van der Waals surface area (Å²) in [7, 11) is 0. The summed E-state index contributed by atoms with van der Waals surface area (Å²) < 4.78 is 4.94. The van der Waals surface area contributed by atoms with Gasteiger partial charge in [0, 0.05) is 32.1 Å². The molecular weight excluding hydrogens is 252 g/mol. The van der Waals surface area contributed by atoms with Crippen LogP contribution in [0, 0.1) is 0 Å². The van der Waals surface area contributed by atoms with E-state index in [4.69, 9.17) is 4.74 Å². The maximum Gasteiger partial charge on any atom is 0.305 e. The minimum Gasteiger partial charge on any atom is -0.466 e. The van der Waals surface area contributed by atoms with Crippen LogP contribution in [0.2, 0.25) is 0 Å². The van der Waals surface area contributed by atoms with Crippen molar-refractivity contribution in [2.24, 2.45) is 0 Å². The van der Waals surface area contributed by atoms with Gasteiger partial charge in [-0.15, -0.1) is 0 Å². The molecular formula is C16H30N2O2. The smallest absolute Gasteiger partial charge is 0.305 e. The standard InChI is InChI=1S/C16H30N2O2/c1-2-20-16(19)9-4-3-6-10-17-12-13-18-11-7-5-8-15(18)14-17/h15H,2-14H2,1H3. The summed E-state index contributed by atoms with van der Waals surface area (Å²) >= 11 is 0. The molecule has 0 saturated carbocycles. The highest BCUT2D eigenvalue weighted by Crippen LogP contribution is 2.21. The van der Waals surface area contributed by atoms with Gasteiger partial charge in [0.05, 0.1) is 6.61 Å². The number of nitrogens with zero attached hydrogens (tertiary/aromatic N) is 2. The highest BCUT2D eigenvalue weighted by Gasteiger charge is 2.28. The van der Waals surface area contributed by atoms with Gasteiger partial charge in [-0.2, -0.15) is 0 Å². The predicted molar refractivity (Wildman–Crippen MR) is 80.8 cm³/mol. The van der Waals surface area contributed by atoms with Gasteiger partial charge in [-0.05, 0) is 45.7 Å². The van der Waals surface area contributed by atoms with Crippen LogP contribution in [-0.2, 0) is 9.53 Å². The summed E-state index contributed by atoms with van der Waals surface area (Å²) in [6.45, 7) is 8.64. The first-order valence-electron chi connectivity index (χ1n) is 8.41. The monoisotopic (exact) mass is 282 g/mol. The Bertz CT molecular complexity index is 296. The van der Waals surface area contributed by atoms with Crippen LogP contribution < -0.4 is 0 Å². The topological polar surface area (TPSA) is 32.8 Å². The second-order valence-electron chi connectivity index (χ2n) is 6.10. The molecule has 2 aliphatic rings. The molecule has 0 spiro atoms. The first-order valence-corrected chi connectivity index (χ1v) is 8.41. The van der Waals surface area contributed by atoms with Gasteiger partial charge in [-0.3, -0.25) is 9.69 Å². The molecule has 116 valence electrons. The Morgan fingerprint density at radius 3 is 2.90 bits per heavy atom. The van der Waals surface area contributed by atoms with Crippen LogP contribution in [0.3, 0.4) is 0 Å². The van der Waals surface area contributed by atoms with Gasteiger partial charge in [0.15, 0.2) is 0 Å². The van der Waals surface area contributed by atoms with Crippen LogP contribution >= 0.6 is 0 Å². The number of esters is 1. The van der Waals surface area contributed by atoms with Crippen molar-refractivity contribution in [1.29, 1.82) is 0 Å². The van der Waals surface area contributed by atoms with Crippen molar-refractivity contribution in [3.05, 3.63) is 0 Å². The lowest BCUT2D eigenvalue weighted by Crippen LogP contribution is -2.54. The fourth-order valence-electron chi connectivity index (χ4n) is 3.44. The van der Waals surface area contributed by atoms with Gasteiger partial charge in [-0.1, -0.05) is 12.8 Å². The normalized spacial score (nSPS) is 24.4. The quantitative estimate of drug-likeness (QED) is 0.530. The van der Waals surface area contributed by atoms with Crippen molar-refractivity contribution < 1.29 is 9.53 Å². The van der Waals surface area contributed by atoms with E-state index < -0.39 is 0 Å². The van der Waals surface area contributed by atoms with Crippen molar-refractivity contribution in [3.63, 3.8) is 0 Å². The summed E-state index contributed by atoms with van der Waals surface area (Å²) in [5.41, 5.74) is 0. The third-order valence-electron chi connectivity index (χ3n) is 4.58. The zero-order chi connectivity index (χ0) is 14.2. The predicted octanol–water partition coefficient (Wildman–Crippen LogP) is 2.28. The fraction of sp³-hybridized carbons (Fsp3) is 0.938. The third-order valence-corrected chi connectivity index (χ3v) is 4.58. The molecule has 1 unspecified atom stereocenters. The van der Waals surface area contributed by atoms with Crippen LogP contribution in [0.1, 0.15) is 51.9 Å². The Morgan fingerprint density at radius 1 is 1.15 bits per heavy atom. The second kappa shape index (κ2) is 8.63. The lowest BCUT2D eigenvalue weighted by Gasteiger charge is -2.44. The number of carbonyl (C=O) groups excluding carboxylic acids is 1. The number of piperazine rings is 1. The van der Waals surface area contributed by atoms with E-state index in [2.05, 4.69) is 9.80 Å². The van der Waals surface area contributed by atoms with Crippen molar-refractivity contribution in [3.8, 4) is 0 Å². The number of unbranched alkanes of at least 4 members (excludes halogenated alkanes) is 2. The minimum absolute atomic E-state index is 0.0386. The molecule has 2 aliphatic heterocycles. The molecule has 0 aliphatic carbocycles. The molecule has 0 aromatic carbocycles. The third kappa shape index (κ3) is 5.06. The number of piperidine rings is 1. The maximum absolute atomic E-state index is 11.2. The van der Waals surface area contributed by atoms with Gasteiger partial charge >= 0.3 is 5.97 Å². The molecule has 0 aromatic rings. The number of carbonyl (C=O) groups is 1. The van der Waals surface area contributed by atoms with Crippen LogP contribution in [0.25, 0.3) is 0 Å². The average Bonchev–Trinajstić information content (AvgIpc) is 2.47. The second-order valence-corrected chi connectivity index (χ2v) is 6.10. The molecule has 2 rings (SSSR count). The van der Waals surface area contributed by atoms with E-state index in [1.807, 2.05) is 6.92 Å². The zero-order valence-corrected chi connectivity index (χ0v) is 13.0. The maximum atomic E-state index is 11.2. The van der Waals surface area contributed by atoms with E-state index in [-0.39, 0.29) is 5.97 Å². The van der Waals surface area contributed by atoms with Crippen molar-refractivity contribution in [2.75, 3.05) is 39.3 Å². The fourth-order valence-corrected chi connectivity index (χ4v) is 3.44. The molecule has 0 aromatic heterocycles. The van der Waals surface area contributed by atoms with E-state index in [1.165, 1.54) is 58.4 Å². The van der Waals surface area contributed by atoms with Crippen LogP contribution in [0.5, 0.6) is 0 Å². The van der Waals surface area contributed by atoms with Gasteiger partial charge < -0.3 is 9.64 Å². The molecule has 20 heavy (non-hydrogen) atoms. The molecule has 0 N–H and O–H groups in total. The first kappa shape index (κ1) is 15.8. The van der Waals surface area contributed by atoms with E-state index in [0.717, 1.165) is 18.9 Å². The SMILES string of the molecule is CCOC(=O)CCCCCN1CCN2CCCCC2C1. The first-order chi connectivity index (χ1) is 9.79. The summed E-state index contributed by atoms with van der Waals surface area (Å²) in [5, 5.41) is 0. The molecule has 4 nitrogen and oxygen atoms in total. The molecule has 0 amide bonds. The minimum atomic E-state index is -0.0386. The Balaban J connectivity index is 1.53. The Morgan fingerprint density at radius 2 is 2.05 bits per heavy atom. The Kier molecular flexibility index (Phi) is 6.80. The number of fused-ring (bicyclic) bond motifs is 1. The van der Waals surface area contributed by atoms with Gasteiger partial charge in [0.2, 0.25) is 0 Å². The van der Waals surface area contributed by atoms with Crippen LogP contribution in [0.4, 0.5) is 0 Å². The van der Waals surface area contributed by atoms with Gasteiger partial charge in [0.25, 0.3) is 0 Å². The van der Waals surface area contributed by atoms with Crippen LogP contribution in [0.15, 0.2) is 0 Å². The molecule has 2 saturated heterocycles. The zero-order valence-electron chi connectivity index (χ0n) is 13.0. The Hall–Kier alpha value is -0.610. The number of ether oxygens (including phenoxy) is 1. The van der Waals surface area contributed by atoms with Crippen molar-refractivity contribution >= 4 is 5.97 Å². The summed E-state index contributed by atoms with van der Waals surface area (Å²) in [6, 6.07) is 0.817. The Labute approximate surface area is 123 Å². The number of hydrogen-bond donors (Lipinski definition) is 0.